The first-order valence-corrected chi connectivity index (χ1v) is 6.72. The van der Waals surface area contributed by atoms with Gasteiger partial charge in [0, 0.05) is 13.1 Å². The van der Waals surface area contributed by atoms with E-state index in [1.165, 1.54) is 4.90 Å². The van der Waals surface area contributed by atoms with E-state index in [2.05, 4.69) is 0 Å². The van der Waals surface area contributed by atoms with Crippen LogP contribution in [-0.4, -0.2) is 53.0 Å². The molecule has 0 aromatic rings. The number of ether oxygens (including phenoxy) is 1. The number of carbonyl (C=O) groups is 2. The number of alkyl halides is 1. The number of carboxylic acids is 1. The summed E-state index contributed by atoms with van der Waals surface area (Å²) in [5, 5.41) is 8.70. The number of hydrogen-bond acceptors (Lipinski definition) is 4. The number of piperidine rings is 1. The Hall–Kier alpha value is -1.37. The van der Waals surface area contributed by atoms with Gasteiger partial charge in [0.15, 0.2) is 0 Å². The average molecular weight is 290 g/mol. The van der Waals surface area contributed by atoms with Gasteiger partial charge in [-0.15, -0.1) is 0 Å². The highest BCUT2D eigenvalue weighted by Gasteiger charge is 2.35. The zero-order chi connectivity index (χ0) is 15.5. The summed E-state index contributed by atoms with van der Waals surface area (Å²) in [6.07, 6.45) is -1.23. The maximum absolute atomic E-state index is 13.9. The fourth-order valence-electron chi connectivity index (χ4n) is 2.16. The van der Waals surface area contributed by atoms with Crippen molar-refractivity contribution < 1.29 is 23.8 Å². The van der Waals surface area contributed by atoms with E-state index >= 15 is 0 Å². The molecule has 1 fully saturated rings. The zero-order valence-corrected chi connectivity index (χ0v) is 12.1. The Morgan fingerprint density at radius 1 is 1.35 bits per heavy atom. The topological polar surface area (TPSA) is 92.9 Å². The molecule has 1 aliphatic heterocycles. The van der Waals surface area contributed by atoms with Gasteiger partial charge in [0.05, 0.1) is 0 Å². The predicted octanol–water partition coefficient (Wildman–Crippen LogP) is 1.38. The van der Waals surface area contributed by atoms with Crippen LogP contribution in [0.1, 0.15) is 33.6 Å². The lowest BCUT2D eigenvalue weighted by atomic mass is 9.89. The Labute approximate surface area is 118 Å². The molecule has 20 heavy (non-hydrogen) atoms. The number of hydrogen-bond donors (Lipinski definition) is 2. The van der Waals surface area contributed by atoms with Crippen LogP contribution in [-0.2, 0) is 9.53 Å². The Bertz CT molecular complexity index is 362. The standard InChI is InChI=1S/C13H23FN2O4/c1-13(2,3)20-12(19)16-6-4-8(5-7-16)9(14)10(15)11(17)18/h8-10H,4-7,15H2,1-3H3,(H,17,18). The van der Waals surface area contributed by atoms with Crippen molar-refractivity contribution in [3.05, 3.63) is 0 Å². The van der Waals surface area contributed by atoms with Gasteiger partial charge in [-0.25, -0.2) is 9.18 Å². The molecule has 6 nitrogen and oxygen atoms in total. The van der Waals surface area contributed by atoms with E-state index < -0.39 is 35.8 Å². The summed E-state index contributed by atoms with van der Waals surface area (Å²) in [5.74, 6) is -1.77. The van der Waals surface area contributed by atoms with E-state index in [0.29, 0.717) is 25.9 Å². The highest BCUT2D eigenvalue weighted by atomic mass is 19.1. The van der Waals surface area contributed by atoms with Crippen molar-refractivity contribution in [2.75, 3.05) is 13.1 Å². The minimum atomic E-state index is -1.59. The molecule has 0 saturated carbocycles. The Balaban J connectivity index is 2.47. The van der Waals surface area contributed by atoms with Crippen LogP contribution in [0.2, 0.25) is 0 Å². The van der Waals surface area contributed by atoms with E-state index in [4.69, 9.17) is 15.6 Å². The normalized spacial score (nSPS) is 20.4. The molecular weight excluding hydrogens is 267 g/mol. The van der Waals surface area contributed by atoms with Crippen molar-refractivity contribution in [1.29, 1.82) is 0 Å². The quantitative estimate of drug-likeness (QED) is 0.819. The fourth-order valence-corrected chi connectivity index (χ4v) is 2.16. The van der Waals surface area contributed by atoms with Gasteiger partial charge in [0.2, 0.25) is 0 Å². The number of rotatable bonds is 3. The van der Waals surface area contributed by atoms with Crippen LogP contribution < -0.4 is 5.73 Å². The Morgan fingerprint density at radius 2 is 1.85 bits per heavy atom. The molecule has 0 spiro atoms. The third-order valence-electron chi connectivity index (χ3n) is 3.27. The van der Waals surface area contributed by atoms with E-state index in [-0.39, 0.29) is 0 Å². The van der Waals surface area contributed by atoms with Gasteiger partial charge in [-0.05, 0) is 39.5 Å². The molecule has 3 N–H and O–H groups in total. The molecule has 116 valence electrons. The molecule has 0 aromatic carbocycles. The van der Waals surface area contributed by atoms with Gasteiger partial charge in [-0.2, -0.15) is 0 Å². The van der Waals surface area contributed by atoms with Crippen LogP contribution in [0.5, 0.6) is 0 Å². The van der Waals surface area contributed by atoms with Crippen molar-refractivity contribution in [3.8, 4) is 0 Å². The van der Waals surface area contributed by atoms with Gasteiger partial charge in [0.25, 0.3) is 0 Å². The smallest absolute Gasteiger partial charge is 0.410 e. The van der Waals surface area contributed by atoms with Crippen molar-refractivity contribution >= 4 is 12.1 Å². The molecule has 7 heteroatoms. The number of amides is 1. The van der Waals surface area contributed by atoms with E-state index in [0.717, 1.165) is 0 Å². The summed E-state index contributed by atoms with van der Waals surface area (Å²) in [5.41, 5.74) is 4.72. The molecule has 2 unspecified atom stereocenters. The van der Waals surface area contributed by atoms with Crippen LogP contribution in [0.15, 0.2) is 0 Å². The van der Waals surface area contributed by atoms with Crippen LogP contribution in [0, 0.1) is 5.92 Å². The van der Waals surface area contributed by atoms with E-state index in [1.54, 1.807) is 20.8 Å². The third-order valence-corrected chi connectivity index (χ3v) is 3.27. The molecule has 1 amide bonds. The van der Waals surface area contributed by atoms with Crippen molar-refractivity contribution in [3.63, 3.8) is 0 Å². The molecule has 0 radical (unpaired) electrons. The molecule has 0 bridgehead atoms. The molecule has 1 rings (SSSR count). The van der Waals surface area contributed by atoms with Crippen molar-refractivity contribution in [2.24, 2.45) is 11.7 Å². The Morgan fingerprint density at radius 3 is 2.25 bits per heavy atom. The number of halogens is 1. The number of nitrogens with zero attached hydrogens (tertiary/aromatic N) is 1. The number of carboxylic acid groups (broad SMARTS) is 1. The van der Waals surface area contributed by atoms with Crippen LogP contribution in [0.4, 0.5) is 9.18 Å². The summed E-state index contributed by atoms with van der Waals surface area (Å²) >= 11 is 0. The number of carbonyl (C=O) groups excluding carboxylic acids is 1. The summed E-state index contributed by atoms with van der Waals surface area (Å²) < 4.78 is 19.1. The first kappa shape index (κ1) is 16.7. The molecular formula is C13H23FN2O4. The minimum Gasteiger partial charge on any atom is -0.480 e. The lowest BCUT2D eigenvalue weighted by molar-refractivity contribution is -0.141. The number of aliphatic carboxylic acids is 1. The summed E-state index contributed by atoms with van der Waals surface area (Å²) in [4.78, 5) is 24.0. The van der Waals surface area contributed by atoms with Gasteiger partial charge < -0.3 is 20.5 Å². The highest BCUT2D eigenvalue weighted by molar-refractivity contribution is 5.74. The highest BCUT2D eigenvalue weighted by Crippen LogP contribution is 2.25. The summed E-state index contributed by atoms with van der Waals surface area (Å²) in [6.45, 7) is 6.04. The number of likely N-dealkylation sites (tertiary alicyclic amines) is 1. The second-order valence-electron chi connectivity index (χ2n) is 6.11. The van der Waals surface area contributed by atoms with Gasteiger partial charge in [-0.3, -0.25) is 4.79 Å². The van der Waals surface area contributed by atoms with Gasteiger partial charge in [-0.1, -0.05) is 0 Å². The molecule has 1 heterocycles. The van der Waals surface area contributed by atoms with Crippen LogP contribution >= 0.6 is 0 Å². The Kier molecular flexibility index (Phi) is 5.33. The van der Waals surface area contributed by atoms with Gasteiger partial charge in [0.1, 0.15) is 17.8 Å². The van der Waals surface area contributed by atoms with Crippen LogP contribution in [0.25, 0.3) is 0 Å². The first-order chi connectivity index (χ1) is 9.11. The first-order valence-electron chi connectivity index (χ1n) is 6.72. The molecule has 0 aromatic heterocycles. The third kappa shape index (κ3) is 4.63. The maximum Gasteiger partial charge on any atom is 0.410 e. The maximum atomic E-state index is 13.9. The van der Waals surface area contributed by atoms with E-state index in [9.17, 15) is 14.0 Å². The predicted molar refractivity (Wildman–Crippen MR) is 71.0 cm³/mol. The molecule has 2 atom stereocenters. The fraction of sp³-hybridized carbons (Fsp3) is 0.846. The van der Waals surface area contributed by atoms with Gasteiger partial charge >= 0.3 is 12.1 Å². The SMILES string of the molecule is CC(C)(C)OC(=O)N1CCC(C(F)C(N)C(=O)O)CC1. The average Bonchev–Trinajstić information content (AvgIpc) is 2.35. The summed E-state index contributed by atoms with van der Waals surface area (Å²) in [7, 11) is 0. The largest absolute Gasteiger partial charge is 0.480 e. The molecule has 1 aliphatic rings. The second-order valence-corrected chi connectivity index (χ2v) is 6.11. The minimum absolute atomic E-state index is 0.354. The lowest BCUT2D eigenvalue weighted by Gasteiger charge is -2.35. The van der Waals surface area contributed by atoms with Crippen LogP contribution in [0.3, 0.4) is 0 Å². The number of nitrogens with two attached hydrogens (primary N) is 1. The second kappa shape index (κ2) is 6.39. The molecule has 1 saturated heterocycles. The zero-order valence-electron chi connectivity index (χ0n) is 12.1. The summed E-state index contributed by atoms with van der Waals surface area (Å²) in [6, 6.07) is -1.51. The van der Waals surface area contributed by atoms with E-state index in [1.807, 2.05) is 0 Å². The molecule has 0 aliphatic carbocycles. The lowest BCUT2D eigenvalue weighted by Crippen LogP contribution is -2.48. The van der Waals surface area contributed by atoms with Crippen molar-refractivity contribution in [1.82, 2.24) is 4.90 Å². The monoisotopic (exact) mass is 290 g/mol. The van der Waals surface area contributed by atoms with Crippen molar-refractivity contribution in [2.45, 2.75) is 51.4 Å².